The summed E-state index contributed by atoms with van der Waals surface area (Å²) in [7, 11) is 0. The molecule has 2 saturated heterocycles. The third kappa shape index (κ3) is 5.08. The highest BCUT2D eigenvalue weighted by Crippen LogP contribution is 2.34. The van der Waals surface area contributed by atoms with E-state index in [0.29, 0.717) is 11.8 Å². The SMILES string of the molecule is CCC1(CO)CCN(C(=O)NCC2CCN(CC(C)C)C2)CC1. The molecule has 5 nitrogen and oxygen atoms in total. The normalized spacial score (nSPS) is 25.1. The van der Waals surface area contributed by atoms with Gasteiger partial charge in [0, 0.05) is 39.3 Å². The molecule has 0 spiro atoms. The van der Waals surface area contributed by atoms with Crippen LogP contribution in [0.2, 0.25) is 0 Å². The van der Waals surface area contributed by atoms with Crippen molar-refractivity contribution in [2.24, 2.45) is 17.3 Å². The van der Waals surface area contributed by atoms with Gasteiger partial charge in [-0.3, -0.25) is 0 Å². The van der Waals surface area contributed by atoms with Crippen molar-refractivity contribution < 1.29 is 9.90 Å². The van der Waals surface area contributed by atoms with E-state index in [4.69, 9.17) is 0 Å². The van der Waals surface area contributed by atoms with Crippen molar-refractivity contribution in [2.45, 2.75) is 46.5 Å². The van der Waals surface area contributed by atoms with Gasteiger partial charge in [-0.2, -0.15) is 0 Å². The molecule has 2 amide bonds. The maximum atomic E-state index is 12.3. The number of hydrogen-bond donors (Lipinski definition) is 2. The van der Waals surface area contributed by atoms with E-state index in [1.165, 1.54) is 6.42 Å². The first-order chi connectivity index (χ1) is 11.0. The number of nitrogens with zero attached hydrogens (tertiary/aromatic N) is 2. The Morgan fingerprint density at radius 1 is 1.30 bits per heavy atom. The highest BCUT2D eigenvalue weighted by atomic mass is 16.3. The minimum atomic E-state index is 0.0412. The van der Waals surface area contributed by atoms with Crippen molar-refractivity contribution in [1.29, 1.82) is 0 Å². The van der Waals surface area contributed by atoms with Gasteiger partial charge in [0.2, 0.25) is 0 Å². The van der Waals surface area contributed by atoms with Crippen molar-refractivity contribution in [3.8, 4) is 0 Å². The molecule has 0 aromatic carbocycles. The summed E-state index contributed by atoms with van der Waals surface area (Å²) in [6.07, 6.45) is 4.02. The smallest absolute Gasteiger partial charge is 0.317 e. The van der Waals surface area contributed by atoms with Crippen molar-refractivity contribution in [3.05, 3.63) is 0 Å². The molecule has 0 aromatic rings. The van der Waals surface area contributed by atoms with E-state index >= 15 is 0 Å². The quantitative estimate of drug-likeness (QED) is 0.787. The lowest BCUT2D eigenvalue weighted by Gasteiger charge is -2.40. The summed E-state index contributed by atoms with van der Waals surface area (Å²) < 4.78 is 0. The number of carbonyl (C=O) groups is 1. The number of rotatable bonds is 6. The minimum Gasteiger partial charge on any atom is -0.396 e. The Balaban J connectivity index is 1.68. The van der Waals surface area contributed by atoms with E-state index < -0.39 is 0 Å². The van der Waals surface area contributed by atoms with Crippen LogP contribution in [-0.2, 0) is 0 Å². The Hall–Kier alpha value is -0.810. The number of nitrogens with one attached hydrogen (secondary N) is 1. The molecule has 2 rings (SSSR count). The highest BCUT2D eigenvalue weighted by Gasteiger charge is 2.34. The third-order valence-corrected chi connectivity index (χ3v) is 5.73. The fourth-order valence-corrected chi connectivity index (χ4v) is 3.91. The van der Waals surface area contributed by atoms with Crippen LogP contribution in [0.1, 0.15) is 46.5 Å². The van der Waals surface area contributed by atoms with Crippen molar-refractivity contribution >= 4 is 6.03 Å². The number of urea groups is 1. The van der Waals surface area contributed by atoms with Gasteiger partial charge in [0.15, 0.2) is 0 Å². The van der Waals surface area contributed by atoms with Crippen LogP contribution in [0.4, 0.5) is 4.79 Å². The predicted molar refractivity (Wildman–Crippen MR) is 93.4 cm³/mol. The molecule has 5 heteroatoms. The van der Waals surface area contributed by atoms with Crippen LogP contribution in [0.3, 0.4) is 0 Å². The molecular weight excluding hydrogens is 290 g/mol. The first-order valence-electron chi connectivity index (χ1n) is 9.34. The second-order valence-corrected chi connectivity index (χ2v) is 7.99. The first-order valence-corrected chi connectivity index (χ1v) is 9.34. The van der Waals surface area contributed by atoms with E-state index in [-0.39, 0.29) is 18.1 Å². The summed E-state index contributed by atoms with van der Waals surface area (Å²) in [5.74, 6) is 1.30. The Labute approximate surface area is 141 Å². The van der Waals surface area contributed by atoms with Gasteiger partial charge in [0.1, 0.15) is 0 Å². The van der Waals surface area contributed by atoms with E-state index in [9.17, 15) is 9.90 Å². The number of aliphatic hydroxyl groups excluding tert-OH is 1. The molecule has 2 fully saturated rings. The van der Waals surface area contributed by atoms with Crippen molar-refractivity contribution in [1.82, 2.24) is 15.1 Å². The second kappa shape index (κ2) is 8.34. The van der Waals surface area contributed by atoms with Crippen molar-refractivity contribution in [3.63, 3.8) is 0 Å². The van der Waals surface area contributed by atoms with E-state index in [0.717, 1.165) is 58.5 Å². The molecule has 2 aliphatic heterocycles. The second-order valence-electron chi connectivity index (χ2n) is 7.99. The monoisotopic (exact) mass is 325 g/mol. The lowest BCUT2D eigenvalue weighted by Crippen LogP contribution is -2.49. The molecule has 23 heavy (non-hydrogen) atoms. The zero-order chi connectivity index (χ0) is 16.9. The topological polar surface area (TPSA) is 55.8 Å². The number of hydrogen-bond acceptors (Lipinski definition) is 3. The van der Waals surface area contributed by atoms with Gasteiger partial charge < -0.3 is 20.2 Å². The molecule has 0 bridgehead atoms. The van der Waals surface area contributed by atoms with Crippen LogP contribution in [-0.4, -0.2) is 66.8 Å². The average molecular weight is 325 g/mol. The minimum absolute atomic E-state index is 0.0412. The molecule has 0 aliphatic carbocycles. The summed E-state index contributed by atoms with van der Waals surface area (Å²) in [6, 6.07) is 0.0787. The Bertz CT molecular complexity index is 372. The summed E-state index contributed by atoms with van der Waals surface area (Å²) >= 11 is 0. The molecule has 2 heterocycles. The summed E-state index contributed by atoms with van der Waals surface area (Å²) in [4.78, 5) is 16.8. The van der Waals surface area contributed by atoms with Gasteiger partial charge in [-0.05, 0) is 49.5 Å². The third-order valence-electron chi connectivity index (χ3n) is 5.73. The highest BCUT2D eigenvalue weighted by molar-refractivity contribution is 5.74. The van der Waals surface area contributed by atoms with Crippen LogP contribution >= 0.6 is 0 Å². The Morgan fingerprint density at radius 3 is 2.57 bits per heavy atom. The Kier molecular flexibility index (Phi) is 6.72. The first kappa shape index (κ1) is 18.5. The van der Waals surface area contributed by atoms with Crippen molar-refractivity contribution in [2.75, 3.05) is 45.9 Å². The van der Waals surface area contributed by atoms with E-state index in [1.54, 1.807) is 0 Å². The molecule has 134 valence electrons. The molecule has 0 saturated carbocycles. The lowest BCUT2D eigenvalue weighted by atomic mass is 9.77. The molecule has 1 atom stereocenters. The lowest BCUT2D eigenvalue weighted by molar-refractivity contribution is 0.0518. The van der Waals surface area contributed by atoms with Crippen LogP contribution < -0.4 is 5.32 Å². The van der Waals surface area contributed by atoms with Gasteiger partial charge in [-0.15, -0.1) is 0 Å². The number of piperidine rings is 1. The zero-order valence-corrected chi connectivity index (χ0v) is 15.2. The molecule has 2 aliphatic rings. The molecular formula is C18H35N3O2. The largest absolute Gasteiger partial charge is 0.396 e. The summed E-state index contributed by atoms with van der Waals surface area (Å²) in [5.41, 5.74) is 0.0412. The standard InChI is InChI=1S/C18H35N3O2/c1-4-18(14-22)6-9-21(10-7-18)17(23)19-11-16-5-8-20(13-16)12-15(2)3/h15-16,22H,4-14H2,1-3H3,(H,19,23). The van der Waals surface area contributed by atoms with Gasteiger partial charge >= 0.3 is 6.03 Å². The van der Waals surface area contributed by atoms with Crippen LogP contribution in [0, 0.1) is 17.3 Å². The number of carbonyl (C=O) groups excluding carboxylic acids is 1. The Morgan fingerprint density at radius 2 is 2.00 bits per heavy atom. The maximum absolute atomic E-state index is 12.3. The molecule has 0 aromatic heterocycles. The van der Waals surface area contributed by atoms with Crippen LogP contribution in [0.5, 0.6) is 0 Å². The zero-order valence-electron chi connectivity index (χ0n) is 15.2. The van der Waals surface area contributed by atoms with Gasteiger partial charge in [0.25, 0.3) is 0 Å². The van der Waals surface area contributed by atoms with Gasteiger partial charge in [-0.25, -0.2) is 4.79 Å². The molecule has 2 N–H and O–H groups in total. The van der Waals surface area contributed by atoms with E-state index in [1.807, 2.05) is 4.90 Å². The fourth-order valence-electron chi connectivity index (χ4n) is 3.91. The van der Waals surface area contributed by atoms with Gasteiger partial charge in [0.05, 0.1) is 0 Å². The molecule has 1 unspecified atom stereocenters. The fraction of sp³-hybridized carbons (Fsp3) is 0.944. The summed E-state index contributed by atoms with van der Waals surface area (Å²) in [5, 5.41) is 12.7. The number of amides is 2. The number of likely N-dealkylation sites (tertiary alicyclic amines) is 2. The predicted octanol–water partition coefficient (Wildman–Crippen LogP) is 2.16. The van der Waals surface area contributed by atoms with Crippen LogP contribution in [0.15, 0.2) is 0 Å². The van der Waals surface area contributed by atoms with Gasteiger partial charge in [-0.1, -0.05) is 20.8 Å². The summed E-state index contributed by atoms with van der Waals surface area (Å²) in [6.45, 7) is 12.7. The molecule has 0 radical (unpaired) electrons. The maximum Gasteiger partial charge on any atom is 0.317 e. The average Bonchev–Trinajstić information content (AvgIpc) is 2.99. The van der Waals surface area contributed by atoms with Crippen LogP contribution in [0.25, 0.3) is 0 Å². The van der Waals surface area contributed by atoms with E-state index in [2.05, 4.69) is 31.0 Å². The number of aliphatic hydroxyl groups is 1.